The molecule has 0 spiro atoms. The zero-order chi connectivity index (χ0) is 19.2. The molecule has 7 heteroatoms. The molecule has 0 unspecified atom stereocenters. The van der Waals surface area contributed by atoms with E-state index in [4.69, 9.17) is 4.74 Å². The molecule has 0 aliphatic carbocycles. The van der Waals surface area contributed by atoms with Crippen LogP contribution in [0.25, 0.3) is 0 Å². The fourth-order valence-electron chi connectivity index (χ4n) is 3.17. The minimum Gasteiger partial charge on any atom is -0.492 e. The Balaban J connectivity index is 1.90. The minimum absolute atomic E-state index is 0.273. The lowest BCUT2D eigenvalue weighted by Gasteiger charge is -2.17. The number of para-hydroxylation sites is 2. The topological polar surface area (TPSA) is 85.2 Å². The second kappa shape index (κ2) is 8.53. The third-order valence-electron chi connectivity index (χ3n) is 4.38. The average molecular weight is 368 g/mol. The lowest BCUT2D eigenvalue weighted by Crippen LogP contribution is -2.28. The van der Waals surface area contributed by atoms with E-state index in [9.17, 15) is 9.59 Å². The quantitative estimate of drug-likeness (QED) is 0.736. The Labute approximate surface area is 158 Å². The number of fused-ring (bicyclic) bond motifs is 1. The third-order valence-corrected chi connectivity index (χ3v) is 4.38. The summed E-state index contributed by atoms with van der Waals surface area (Å²) >= 11 is 0. The van der Waals surface area contributed by atoms with Crippen molar-refractivity contribution in [3.05, 3.63) is 54.1 Å². The first kappa shape index (κ1) is 18.7. The van der Waals surface area contributed by atoms with E-state index in [1.54, 1.807) is 18.2 Å². The number of anilines is 1. The summed E-state index contributed by atoms with van der Waals surface area (Å²) < 4.78 is 7.41. The molecule has 0 radical (unpaired) electrons. The number of carbonyl (C=O) groups is 2. The summed E-state index contributed by atoms with van der Waals surface area (Å²) in [7, 11) is 0. The number of aromatic nitrogens is 2. The van der Waals surface area contributed by atoms with Gasteiger partial charge in [-0.1, -0.05) is 18.2 Å². The molecule has 2 heterocycles. The third kappa shape index (κ3) is 4.02. The van der Waals surface area contributed by atoms with Crippen molar-refractivity contribution in [2.45, 2.75) is 32.7 Å². The van der Waals surface area contributed by atoms with Gasteiger partial charge in [0, 0.05) is 13.1 Å². The van der Waals surface area contributed by atoms with Gasteiger partial charge in [-0.05, 0) is 38.3 Å². The van der Waals surface area contributed by atoms with Crippen LogP contribution < -0.4 is 15.4 Å². The Hall–Kier alpha value is -3.09. The molecule has 27 heavy (non-hydrogen) atoms. The zero-order valence-electron chi connectivity index (χ0n) is 15.5. The molecule has 1 aromatic heterocycles. The van der Waals surface area contributed by atoms with Gasteiger partial charge in [0.05, 0.1) is 18.0 Å². The number of rotatable bonds is 7. The van der Waals surface area contributed by atoms with Crippen LogP contribution in [0.15, 0.2) is 36.9 Å². The Morgan fingerprint density at radius 1 is 1.30 bits per heavy atom. The molecular formula is C20H24N4O3. The van der Waals surface area contributed by atoms with Crippen LogP contribution >= 0.6 is 0 Å². The molecule has 1 aromatic carbocycles. The largest absolute Gasteiger partial charge is 0.492 e. The van der Waals surface area contributed by atoms with Gasteiger partial charge in [-0.15, -0.1) is 6.58 Å². The molecule has 0 atom stereocenters. The number of benzene rings is 1. The van der Waals surface area contributed by atoms with E-state index in [0.29, 0.717) is 36.8 Å². The maximum atomic E-state index is 12.9. The first-order chi connectivity index (χ1) is 13.2. The highest BCUT2D eigenvalue weighted by Crippen LogP contribution is 2.26. The van der Waals surface area contributed by atoms with Gasteiger partial charge in [0.2, 0.25) is 0 Å². The van der Waals surface area contributed by atoms with Crippen LogP contribution in [-0.2, 0) is 13.0 Å². The van der Waals surface area contributed by atoms with Crippen LogP contribution in [0, 0.1) is 0 Å². The Kier molecular flexibility index (Phi) is 5.90. The first-order valence-corrected chi connectivity index (χ1v) is 9.17. The van der Waals surface area contributed by atoms with Gasteiger partial charge >= 0.3 is 0 Å². The summed E-state index contributed by atoms with van der Waals surface area (Å²) in [6.07, 6.45) is 4.25. The van der Waals surface area contributed by atoms with E-state index in [-0.39, 0.29) is 17.6 Å². The average Bonchev–Trinajstić information content (AvgIpc) is 3.08. The fourth-order valence-corrected chi connectivity index (χ4v) is 3.17. The van der Waals surface area contributed by atoms with Crippen LogP contribution in [0.2, 0.25) is 0 Å². The van der Waals surface area contributed by atoms with Crippen LogP contribution in [0.5, 0.6) is 5.75 Å². The van der Waals surface area contributed by atoms with Gasteiger partial charge in [-0.25, -0.2) is 4.98 Å². The molecule has 0 bridgehead atoms. The molecule has 1 aliphatic heterocycles. The fraction of sp³-hybridized carbons (Fsp3) is 0.350. The van der Waals surface area contributed by atoms with Crippen molar-refractivity contribution >= 4 is 17.5 Å². The van der Waals surface area contributed by atoms with Crippen molar-refractivity contribution < 1.29 is 14.3 Å². The van der Waals surface area contributed by atoms with Crippen molar-refractivity contribution in [2.75, 3.05) is 18.5 Å². The minimum atomic E-state index is -0.337. The SMILES string of the molecule is C=CCNC(=O)c1nc(C(=O)Nc2ccccc2OCC)c2n1CCCC2. The van der Waals surface area contributed by atoms with Gasteiger partial charge in [0.25, 0.3) is 11.8 Å². The second-order valence-electron chi connectivity index (χ2n) is 6.22. The van der Waals surface area contributed by atoms with Crippen LogP contribution in [0.4, 0.5) is 5.69 Å². The smallest absolute Gasteiger partial charge is 0.287 e. The van der Waals surface area contributed by atoms with E-state index < -0.39 is 0 Å². The number of ether oxygens (including phenoxy) is 1. The van der Waals surface area contributed by atoms with E-state index in [1.807, 2.05) is 23.6 Å². The van der Waals surface area contributed by atoms with Crippen molar-refractivity contribution in [2.24, 2.45) is 0 Å². The predicted octanol–water partition coefficient (Wildman–Crippen LogP) is 2.79. The molecular weight excluding hydrogens is 344 g/mol. The van der Waals surface area contributed by atoms with Crippen LogP contribution in [-0.4, -0.2) is 34.5 Å². The molecule has 2 N–H and O–H groups in total. The van der Waals surface area contributed by atoms with Gasteiger partial charge in [-0.2, -0.15) is 0 Å². The molecule has 1 aliphatic rings. The van der Waals surface area contributed by atoms with Crippen molar-refractivity contribution in [3.63, 3.8) is 0 Å². The van der Waals surface area contributed by atoms with Crippen molar-refractivity contribution in [1.82, 2.24) is 14.9 Å². The molecule has 0 saturated carbocycles. The van der Waals surface area contributed by atoms with E-state index >= 15 is 0 Å². The number of nitrogens with one attached hydrogen (secondary N) is 2. The van der Waals surface area contributed by atoms with Gasteiger partial charge < -0.3 is 19.9 Å². The Morgan fingerprint density at radius 3 is 2.89 bits per heavy atom. The summed E-state index contributed by atoms with van der Waals surface area (Å²) in [5, 5.41) is 5.60. The van der Waals surface area contributed by atoms with Gasteiger partial charge in [-0.3, -0.25) is 9.59 Å². The molecule has 0 fully saturated rings. The van der Waals surface area contributed by atoms with E-state index in [0.717, 1.165) is 25.0 Å². The zero-order valence-corrected chi connectivity index (χ0v) is 15.5. The summed E-state index contributed by atoms with van der Waals surface area (Å²) in [5.41, 5.74) is 1.68. The highest BCUT2D eigenvalue weighted by molar-refractivity contribution is 6.05. The molecule has 142 valence electrons. The van der Waals surface area contributed by atoms with Gasteiger partial charge in [0.1, 0.15) is 5.75 Å². The Morgan fingerprint density at radius 2 is 2.11 bits per heavy atom. The van der Waals surface area contributed by atoms with Crippen molar-refractivity contribution in [1.29, 1.82) is 0 Å². The predicted molar refractivity (Wildman–Crippen MR) is 103 cm³/mol. The summed E-state index contributed by atoms with van der Waals surface area (Å²) in [6.45, 7) is 7.02. The van der Waals surface area contributed by atoms with E-state index in [1.165, 1.54) is 0 Å². The van der Waals surface area contributed by atoms with Crippen LogP contribution in [0.1, 0.15) is 46.6 Å². The summed E-state index contributed by atoms with van der Waals surface area (Å²) in [5.74, 6) is 0.238. The molecule has 2 aromatic rings. The number of hydrogen-bond acceptors (Lipinski definition) is 4. The standard InChI is InChI=1S/C20H24N4O3/c1-3-12-21-20(26)18-23-17(15-10-7-8-13-24(15)18)19(25)22-14-9-5-6-11-16(14)27-4-2/h3,5-6,9,11H,1,4,7-8,10,12-13H2,2H3,(H,21,26)(H,22,25). The second-order valence-corrected chi connectivity index (χ2v) is 6.22. The molecule has 7 nitrogen and oxygen atoms in total. The number of nitrogens with zero attached hydrogens (tertiary/aromatic N) is 2. The lowest BCUT2D eigenvalue weighted by molar-refractivity contribution is 0.0942. The molecule has 2 amide bonds. The Bertz CT molecular complexity index is 857. The monoisotopic (exact) mass is 368 g/mol. The number of hydrogen-bond donors (Lipinski definition) is 2. The molecule has 3 rings (SSSR count). The summed E-state index contributed by atoms with van der Waals surface area (Å²) in [4.78, 5) is 29.7. The maximum Gasteiger partial charge on any atom is 0.287 e. The normalized spacial score (nSPS) is 12.8. The van der Waals surface area contributed by atoms with Crippen LogP contribution in [0.3, 0.4) is 0 Å². The van der Waals surface area contributed by atoms with E-state index in [2.05, 4.69) is 22.2 Å². The number of imidazole rings is 1. The highest BCUT2D eigenvalue weighted by Gasteiger charge is 2.27. The highest BCUT2D eigenvalue weighted by atomic mass is 16.5. The summed E-state index contributed by atoms with van der Waals surface area (Å²) in [6, 6.07) is 7.26. The first-order valence-electron chi connectivity index (χ1n) is 9.17. The lowest BCUT2D eigenvalue weighted by atomic mass is 10.1. The van der Waals surface area contributed by atoms with Gasteiger partial charge in [0.15, 0.2) is 11.5 Å². The number of amides is 2. The molecule has 0 saturated heterocycles. The van der Waals surface area contributed by atoms with Crippen molar-refractivity contribution in [3.8, 4) is 5.75 Å². The maximum absolute atomic E-state index is 12.9. The number of carbonyl (C=O) groups excluding carboxylic acids is 2.